The lowest BCUT2D eigenvalue weighted by Gasteiger charge is -2.38. The van der Waals surface area contributed by atoms with Gasteiger partial charge in [-0.1, -0.05) is 26.2 Å². The summed E-state index contributed by atoms with van der Waals surface area (Å²) < 4.78 is 0. The van der Waals surface area contributed by atoms with Gasteiger partial charge in [-0.05, 0) is 50.6 Å². The number of piperazine rings is 1. The molecule has 2 atom stereocenters. The first-order valence-corrected chi connectivity index (χ1v) is 10.4. The normalized spacial score (nSPS) is 27.2. The molecule has 0 aromatic rings. The Kier molecular flexibility index (Phi) is 6.74. The van der Waals surface area contributed by atoms with Crippen LogP contribution in [0.1, 0.15) is 58.3 Å². The van der Waals surface area contributed by atoms with Crippen LogP contribution in [0.5, 0.6) is 0 Å². The van der Waals surface area contributed by atoms with Crippen molar-refractivity contribution < 1.29 is 9.59 Å². The topological polar surface area (TPSA) is 52.7 Å². The van der Waals surface area contributed by atoms with Crippen molar-refractivity contribution in [2.45, 2.75) is 58.3 Å². The summed E-state index contributed by atoms with van der Waals surface area (Å²) in [6, 6.07) is 0. The predicted octanol–water partition coefficient (Wildman–Crippen LogP) is 2.26. The molecule has 2 amide bonds. The van der Waals surface area contributed by atoms with Gasteiger partial charge >= 0.3 is 0 Å². The van der Waals surface area contributed by atoms with Crippen LogP contribution in [-0.2, 0) is 9.59 Å². The third kappa shape index (κ3) is 4.96. The van der Waals surface area contributed by atoms with E-state index in [1.807, 2.05) is 9.80 Å². The Balaban J connectivity index is 1.41. The average molecular weight is 350 g/mol. The van der Waals surface area contributed by atoms with E-state index in [2.05, 4.69) is 12.2 Å². The predicted molar refractivity (Wildman–Crippen MR) is 99.1 cm³/mol. The molecule has 0 spiro atoms. The molecule has 3 fully saturated rings. The van der Waals surface area contributed by atoms with Crippen LogP contribution in [0, 0.1) is 17.8 Å². The highest BCUT2D eigenvalue weighted by Gasteiger charge is 2.30. The van der Waals surface area contributed by atoms with E-state index in [0.29, 0.717) is 37.3 Å². The summed E-state index contributed by atoms with van der Waals surface area (Å²) >= 11 is 0. The molecule has 0 bridgehead atoms. The average Bonchev–Trinajstić information content (AvgIpc) is 2.69. The molecule has 2 unspecified atom stereocenters. The zero-order chi connectivity index (χ0) is 17.6. The quantitative estimate of drug-likeness (QED) is 0.847. The second-order valence-corrected chi connectivity index (χ2v) is 8.33. The van der Waals surface area contributed by atoms with Crippen LogP contribution >= 0.6 is 0 Å². The number of hydrogen-bond acceptors (Lipinski definition) is 3. The second kappa shape index (κ2) is 9.02. The molecule has 1 aliphatic carbocycles. The number of carbonyl (C=O) groups is 2. The van der Waals surface area contributed by atoms with Gasteiger partial charge in [0.2, 0.25) is 11.8 Å². The minimum absolute atomic E-state index is 0.245. The highest BCUT2D eigenvalue weighted by Crippen LogP contribution is 2.26. The van der Waals surface area contributed by atoms with E-state index >= 15 is 0 Å². The Morgan fingerprint density at radius 3 is 2.28 bits per heavy atom. The van der Waals surface area contributed by atoms with Gasteiger partial charge in [0.25, 0.3) is 0 Å². The van der Waals surface area contributed by atoms with E-state index in [4.69, 9.17) is 0 Å². The molecule has 25 heavy (non-hydrogen) atoms. The Morgan fingerprint density at radius 1 is 0.960 bits per heavy atom. The first-order chi connectivity index (χ1) is 12.1. The van der Waals surface area contributed by atoms with Crippen molar-refractivity contribution >= 4 is 11.8 Å². The summed E-state index contributed by atoms with van der Waals surface area (Å²) in [5.41, 5.74) is 0. The van der Waals surface area contributed by atoms with E-state index in [-0.39, 0.29) is 11.8 Å². The summed E-state index contributed by atoms with van der Waals surface area (Å²) in [4.78, 5) is 29.3. The molecule has 3 rings (SSSR count). The fourth-order valence-corrected chi connectivity index (χ4v) is 4.72. The van der Waals surface area contributed by atoms with Crippen LogP contribution in [0.15, 0.2) is 0 Å². The van der Waals surface area contributed by atoms with Crippen molar-refractivity contribution in [3.05, 3.63) is 0 Å². The van der Waals surface area contributed by atoms with Crippen molar-refractivity contribution in [2.75, 3.05) is 39.3 Å². The Hall–Kier alpha value is -1.10. The molecule has 5 nitrogen and oxygen atoms in total. The van der Waals surface area contributed by atoms with Gasteiger partial charge in [0.15, 0.2) is 0 Å². The Bertz CT molecular complexity index is 448. The summed E-state index contributed by atoms with van der Waals surface area (Å²) in [6.45, 7) is 7.27. The number of carbonyl (C=O) groups excluding carboxylic acids is 2. The van der Waals surface area contributed by atoms with Gasteiger partial charge < -0.3 is 15.1 Å². The fraction of sp³-hybridized carbons (Fsp3) is 0.900. The van der Waals surface area contributed by atoms with Gasteiger partial charge in [-0.15, -0.1) is 0 Å². The molecular weight excluding hydrogens is 314 g/mol. The monoisotopic (exact) mass is 349 g/mol. The molecule has 2 saturated heterocycles. The van der Waals surface area contributed by atoms with Crippen LogP contribution < -0.4 is 5.32 Å². The molecule has 5 heteroatoms. The third-order valence-corrected chi connectivity index (χ3v) is 6.53. The first kappa shape index (κ1) is 18.7. The number of amides is 2. The first-order valence-electron chi connectivity index (χ1n) is 10.4. The zero-order valence-electron chi connectivity index (χ0n) is 15.8. The minimum atomic E-state index is 0.245. The lowest BCUT2D eigenvalue weighted by molar-refractivity contribution is -0.143. The lowest BCUT2D eigenvalue weighted by atomic mass is 9.85. The Labute approximate surface area is 152 Å². The third-order valence-electron chi connectivity index (χ3n) is 6.53. The van der Waals surface area contributed by atoms with Gasteiger partial charge in [0.1, 0.15) is 0 Å². The molecule has 0 radical (unpaired) electrons. The maximum absolute atomic E-state index is 12.6. The molecule has 2 aliphatic heterocycles. The number of rotatable bonds is 4. The van der Waals surface area contributed by atoms with E-state index in [1.54, 1.807) is 0 Å². The van der Waals surface area contributed by atoms with E-state index in [0.717, 1.165) is 39.0 Å². The molecule has 1 saturated carbocycles. The van der Waals surface area contributed by atoms with Gasteiger partial charge in [-0.3, -0.25) is 9.59 Å². The number of nitrogens with zero attached hydrogens (tertiary/aromatic N) is 2. The molecule has 0 aromatic carbocycles. The van der Waals surface area contributed by atoms with Crippen LogP contribution in [0.4, 0.5) is 0 Å². The summed E-state index contributed by atoms with van der Waals surface area (Å²) in [7, 11) is 0. The van der Waals surface area contributed by atoms with Crippen LogP contribution in [0.25, 0.3) is 0 Å². The van der Waals surface area contributed by atoms with Gasteiger partial charge in [0.05, 0.1) is 0 Å². The van der Waals surface area contributed by atoms with Crippen LogP contribution in [0.2, 0.25) is 0 Å². The van der Waals surface area contributed by atoms with E-state index in [9.17, 15) is 9.59 Å². The van der Waals surface area contributed by atoms with Gasteiger partial charge in [-0.25, -0.2) is 0 Å². The van der Waals surface area contributed by atoms with Gasteiger partial charge in [-0.2, -0.15) is 0 Å². The molecular formula is C20H35N3O2. The molecule has 1 N–H and O–H groups in total. The molecule has 0 aromatic heterocycles. The summed E-state index contributed by atoms with van der Waals surface area (Å²) in [5, 5.41) is 3.45. The molecule has 2 heterocycles. The van der Waals surface area contributed by atoms with Crippen molar-refractivity contribution in [1.82, 2.24) is 15.1 Å². The summed E-state index contributed by atoms with van der Waals surface area (Å²) in [6.07, 6.45) is 8.92. The maximum Gasteiger partial charge on any atom is 0.225 e. The van der Waals surface area contributed by atoms with Crippen molar-refractivity contribution in [3.8, 4) is 0 Å². The number of nitrogens with one attached hydrogen (secondary N) is 1. The fourth-order valence-electron chi connectivity index (χ4n) is 4.72. The number of piperidine rings is 1. The van der Waals surface area contributed by atoms with E-state index < -0.39 is 0 Å². The highest BCUT2D eigenvalue weighted by atomic mass is 16.2. The van der Waals surface area contributed by atoms with Crippen LogP contribution in [-0.4, -0.2) is 60.9 Å². The number of hydrogen-bond donors (Lipinski definition) is 1. The summed E-state index contributed by atoms with van der Waals surface area (Å²) in [5.74, 6) is 1.94. The Morgan fingerprint density at radius 2 is 1.64 bits per heavy atom. The smallest absolute Gasteiger partial charge is 0.225 e. The SMILES string of the molecule is CC(CC(=O)N1CCN(C(=O)C2CCCCC2)CC1)C1CCCNC1. The second-order valence-electron chi connectivity index (χ2n) is 8.33. The van der Waals surface area contributed by atoms with Crippen molar-refractivity contribution in [3.63, 3.8) is 0 Å². The van der Waals surface area contributed by atoms with Crippen molar-refractivity contribution in [1.29, 1.82) is 0 Å². The van der Waals surface area contributed by atoms with Crippen molar-refractivity contribution in [2.24, 2.45) is 17.8 Å². The van der Waals surface area contributed by atoms with Gasteiger partial charge in [0, 0.05) is 38.5 Å². The largest absolute Gasteiger partial charge is 0.339 e. The zero-order valence-corrected chi connectivity index (χ0v) is 15.8. The minimum Gasteiger partial charge on any atom is -0.339 e. The highest BCUT2D eigenvalue weighted by molar-refractivity contribution is 5.80. The van der Waals surface area contributed by atoms with Crippen LogP contribution in [0.3, 0.4) is 0 Å². The molecule has 142 valence electrons. The van der Waals surface area contributed by atoms with E-state index in [1.165, 1.54) is 32.1 Å². The lowest BCUT2D eigenvalue weighted by Crippen LogP contribution is -2.52. The standard InChI is InChI=1S/C20H35N3O2/c1-16(18-8-5-9-21-15-18)14-19(24)22-10-12-23(13-11-22)20(25)17-6-3-2-4-7-17/h16-18,21H,2-15H2,1H3. The molecule has 3 aliphatic rings. The maximum atomic E-state index is 12.6.